The van der Waals surface area contributed by atoms with E-state index in [1.807, 2.05) is 0 Å². The van der Waals surface area contributed by atoms with Gasteiger partial charge in [0, 0.05) is 18.0 Å². The summed E-state index contributed by atoms with van der Waals surface area (Å²) in [6, 6.07) is 3.49. The van der Waals surface area contributed by atoms with Crippen LogP contribution in [0.2, 0.25) is 0 Å². The fraction of sp³-hybridized carbons (Fsp3) is 0.167. The van der Waals surface area contributed by atoms with Gasteiger partial charge in [-0.25, -0.2) is 9.48 Å². The molecule has 106 valence electrons. The van der Waals surface area contributed by atoms with E-state index in [0.717, 1.165) is 5.56 Å². The number of carbonyl (C=O) groups excluding carboxylic acids is 1. The van der Waals surface area contributed by atoms with Gasteiger partial charge in [0.1, 0.15) is 12.2 Å². The average molecular weight is 286 g/mol. The number of carbonyl (C=O) groups is 1. The van der Waals surface area contributed by atoms with Crippen molar-refractivity contribution in [2.75, 3.05) is 7.11 Å². The minimum Gasteiger partial charge on any atom is -0.464 e. The minimum atomic E-state index is -0.571. The van der Waals surface area contributed by atoms with E-state index in [4.69, 9.17) is 9.26 Å². The first-order valence-corrected chi connectivity index (χ1v) is 5.97. The van der Waals surface area contributed by atoms with Crippen molar-refractivity contribution in [3.63, 3.8) is 0 Å². The minimum absolute atomic E-state index is 0.114. The second kappa shape index (κ2) is 5.49. The SMILES string of the molecule is COC(=O)c1nnn(Cc2ncno2)c1-c1ccncc1. The summed E-state index contributed by atoms with van der Waals surface area (Å²) in [5, 5.41) is 11.4. The van der Waals surface area contributed by atoms with Crippen molar-refractivity contribution in [2.45, 2.75) is 6.54 Å². The van der Waals surface area contributed by atoms with E-state index in [0.29, 0.717) is 11.6 Å². The molecular formula is C12H10N6O3. The zero-order chi connectivity index (χ0) is 14.7. The monoisotopic (exact) mass is 286 g/mol. The molecule has 3 rings (SSSR count). The van der Waals surface area contributed by atoms with Crippen LogP contribution in [0, 0.1) is 0 Å². The highest BCUT2D eigenvalue weighted by Gasteiger charge is 2.22. The number of methoxy groups -OCH3 is 1. The van der Waals surface area contributed by atoms with Gasteiger partial charge in [0.25, 0.3) is 0 Å². The summed E-state index contributed by atoms with van der Waals surface area (Å²) in [4.78, 5) is 19.7. The smallest absolute Gasteiger partial charge is 0.360 e. The van der Waals surface area contributed by atoms with Crippen LogP contribution in [-0.4, -0.2) is 43.2 Å². The van der Waals surface area contributed by atoms with Crippen molar-refractivity contribution in [1.29, 1.82) is 0 Å². The summed E-state index contributed by atoms with van der Waals surface area (Å²) in [5.41, 5.74) is 1.35. The number of pyridine rings is 1. The Bertz CT molecular complexity index is 738. The van der Waals surface area contributed by atoms with E-state index < -0.39 is 5.97 Å². The highest BCUT2D eigenvalue weighted by molar-refractivity contribution is 5.93. The van der Waals surface area contributed by atoms with Gasteiger partial charge in [-0.05, 0) is 12.1 Å². The number of hydrogen-bond acceptors (Lipinski definition) is 8. The summed E-state index contributed by atoms with van der Waals surface area (Å²) < 4.78 is 11.2. The maximum Gasteiger partial charge on any atom is 0.360 e. The van der Waals surface area contributed by atoms with Crippen molar-refractivity contribution in [1.82, 2.24) is 30.1 Å². The molecule has 0 spiro atoms. The molecule has 0 atom stereocenters. The summed E-state index contributed by atoms with van der Waals surface area (Å²) >= 11 is 0. The lowest BCUT2D eigenvalue weighted by Gasteiger charge is -2.05. The van der Waals surface area contributed by atoms with Gasteiger partial charge in [0.2, 0.25) is 5.89 Å². The maximum atomic E-state index is 11.8. The second-order valence-electron chi connectivity index (χ2n) is 4.01. The molecule has 0 N–H and O–H groups in total. The molecule has 3 heterocycles. The predicted octanol–water partition coefficient (Wildman–Crippen LogP) is 0.558. The van der Waals surface area contributed by atoms with E-state index in [1.54, 1.807) is 24.5 Å². The number of aromatic nitrogens is 6. The van der Waals surface area contributed by atoms with E-state index in [9.17, 15) is 4.79 Å². The van der Waals surface area contributed by atoms with E-state index >= 15 is 0 Å². The summed E-state index contributed by atoms with van der Waals surface area (Å²) in [6.45, 7) is 0.196. The van der Waals surface area contributed by atoms with Crippen LogP contribution in [0.3, 0.4) is 0 Å². The molecule has 0 aromatic carbocycles. The van der Waals surface area contributed by atoms with Gasteiger partial charge < -0.3 is 9.26 Å². The topological polar surface area (TPSA) is 109 Å². The van der Waals surface area contributed by atoms with Gasteiger partial charge in [0.15, 0.2) is 12.0 Å². The average Bonchev–Trinajstić information content (AvgIpc) is 3.17. The highest BCUT2D eigenvalue weighted by atomic mass is 16.5. The Kier molecular flexibility index (Phi) is 3.37. The number of esters is 1. The molecule has 0 unspecified atom stereocenters. The molecule has 0 saturated heterocycles. The Labute approximate surface area is 118 Å². The third-order valence-corrected chi connectivity index (χ3v) is 2.76. The molecule has 0 fully saturated rings. The Morgan fingerprint density at radius 3 is 2.86 bits per heavy atom. The fourth-order valence-corrected chi connectivity index (χ4v) is 1.85. The third-order valence-electron chi connectivity index (χ3n) is 2.76. The summed E-state index contributed by atoms with van der Waals surface area (Å²) in [6.07, 6.45) is 4.51. The zero-order valence-electron chi connectivity index (χ0n) is 11.0. The predicted molar refractivity (Wildman–Crippen MR) is 68.0 cm³/mol. The van der Waals surface area contributed by atoms with Gasteiger partial charge in [-0.2, -0.15) is 4.98 Å². The van der Waals surface area contributed by atoms with Gasteiger partial charge in [0.05, 0.1) is 7.11 Å². The fourth-order valence-electron chi connectivity index (χ4n) is 1.85. The number of nitrogens with zero attached hydrogens (tertiary/aromatic N) is 6. The first kappa shape index (κ1) is 12.9. The lowest BCUT2D eigenvalue weighted by atomic mass is 10.1. The maximum absolute atomic E-state index is 11.8. The van der Waals surface area contributed by atoms with Crippen LogP contribution in [0.5, 0.6) is 0 Å². The van der Waals surface area contributed by atoms with Crippen molar-refractivity contribution in [3.05, 3.63) is 42.4 Å². The number of hydrogen-bond donors (Lipinski definition) is 0. The lowest BCUT2D eigenvalue weighted by molar-refractivity contribution is 0.0595. The molecule has 21 heavy (non-hydrogen) atoms. The number of rotatable bonds is 4. The number of ether oxygens (including phenoxy) is 1. The highest BCUT2D eigenvalue weighted by Crippen LogP contribution is 2.22. The molecule has 0 saturated carbocycles. The van der Waals surface area contributed by atoms with Gasteiger partial charge in [-0.1, -0.05) is 10.4 Å². The van der Waals surface area contributed by atoms with Crippen LogP contribution < -0.4 is 0 Å². The molecule has 9 heteroatoms. The van der Waals surface area contributed by atoms with Crippen LogP contribution in [-0.2, 0) is 11.3 Å². The summed E-state index contributed by atoms with van der Waals surface area (Å²) in [5.74, 6) is -0.217. The van der Waals surface area contributed by atoms with Crippen molar-refractivity contribution >= 4 is 5.97 Å². The molecule has 0 amide bonds. The molecule has 0 aliphatic heterocycles. The molecule has 3 aromatic rings. The first-order valence-electron chi connectivity index (χ1n) is 5.97. The van der Waals surface area contributed by atoms with Crippen molar-refractivity contribution in [3.8, 4) is 11.3 Å². The van der Waals surface area contributed by atoms with Crippen molar-refractivity contribution < 1.29 is 14.1 Å². The van der Waals surface area contributed by atoms with Gasteiger partial charge >= 0.3 is 5.97 Å². The molecular weight excluding hydrogens is 276 g/mol. The van der Waals surface area contributed by atoms with Crippen LogP contribution in [0.1, 0.15) is 16.4 Å². The largest absolute Gasteiger partial charge is 0.464 e. The Balaban J connectivity index is 2.08. The van der Waals surface area contributed by atoms with Gasteiger partial charge in [-0.15, -0.1) is 5.10 Å². The Morgan fingerprint density at radius 2 is 2.19 bits per heavy atom. The molecule has 0 radical (unpaired) electrons. The van der Waals surface area contributed by atoms with Crippen LogP contribution >= 0.6 is 0 Å². The Morgan fingerprint density at radius 1 is 1.38 bits per heavy atom. The second-order valence-corrected chi connectivity index (χ2v) is 4.01. The van der Waals surface area contributed by atoms with Crippen LogP contribution in [0.25, 0.3) is 11.3 Å². The molecule has 0 bridgehead atoms. The van der Waals surface area contributed by atoms with E-state index in [2.05, 4.69) is 25.4 Å². The first-order chi connectivity index (χ1) is 10.3. The third kappa shape index (κ3) is 2.48. The molecule has 3 aromatic heterocycles. The van der Waals surface area contributed by atoms with Crippen LogP contribution in [0.15, 0.2) is 35.4 Å². The van der Waals surface area contributed by atoms with E-state index in [-0.39, 0.29) is 12.2 Å². The Hall–Kier alpha value is -3.10. The van der Waals surface area contributed by atoms with Crippen LogP contribution in [0.4, 0.5) is 0 Å². The molecule has 9 nitrogen and oxygen atoms in total. The van der Waals surface area contributed by atoms with E-state index in [1.165, 1.54) is 18.1 Å². The molecule has 0 aliphatic rings. The quantitative estimate of drug-likeness (QED) is 0.640. The molecule has 0 aliphatic carbocycles. The van der Waals surface area contributed by atoms with Gasteiger partial charge in [-0.3, -0.25) is 4.98 Å². The van der Waals surface area contributed by atoms with Crippen molar-refractivity contribution in [2.24, 2.45) is 0 Å². The summed E-state index contributed by atoms with van der Waals surface area (Å²) in [7, 11) is 1.29. The zero-order valence-corrected chi connectivity index (χ0v) is 11.0. The standard InChI is InChI=1S/C12H10N6O3/c1-20-12(19)10-11(8-2-4-13-5-3-8)18(17-16-10)6-9-14-7-15-21-9/h2-5,7H,6H2,1H3. The normalized spacial score (nSPS) is 10.5. The lowest BCUT2D eigenvalue weighted by Crippen LogP contribution is -2.07.